The van der Waals surface area contributed by atoms with Crippen LogP contribution in [-0.4, -0.2) is 37.4 Å². The molecule has 1 amide bonds. The maximum Gasteiger partial charge on any atom is 0.422 e. The van der Waals surface area contributed by atoms with E-state index in [9.17, 15) is 18.0 Å². The Morgan fingerprint density at radius 2 is 1.68 bits per heavy atom. The highest BCUT2D eigenvalue weighted by Crippen LogP contribution is 2.28. The van der Waals surface area contributed by atoms with Gasteiger partial charge in [-0.05, 0) is 37.8 Å². The third-order valence-corrected chi connectivity index (χ3v) is 3.74. The molecule has 0 aliphatic heterocycles. The van der Waals surface area contributed by atoms with Gasteiger partial charge in [0, 0.05) is 12.1 Å². The average molecular weight is 383 g/mol. The minimum Gasteiger partial charge on any atom is -0.480 e. The lowest BCUT2D eigenvalue weighted by Gasteiger charge is -2.26. The Hall–Kier alpha value is -1.67. The Balaban J connectivity index is 0.00000312. The maximum absolute atomic E-state index is 12.2. The van der Waals surface area contributed by atoms with Gasteiger partial charge in [0.2, 0.25) is 0 Å². The van der Waals surface area contributed by atoms with Gasteiger partial charge in [-0.1, -0.05) is 12.1 Å². The smallest absolute Gasteiger partial charge is 0.422 e. The molecule has 3 N–H and O–H groups in total. The number of carbonyl (C=O) groups is 1. The molecule has 1 aromatic rings. The molecular formula is C16H22ClF3N2O3. The monoisotopic (exact) mass is 382 g/mol. The number of nitrogens with one attached hydrogen (secondary N) is 1. The summed E-state index contributed by atoms with van der Waals surface area (Å²) in [6.07, 6.45) is -1.08. The van der Waals surface area contributed by atoms with Gasteiger partial charge in [-0.25, -0.2) is 0 Å². The third-order valence-electron chi connectivity index (χ3n) is 3.74. The zero-order chi connectivity index (χ0) is 17.6. The van der Waals surface area contributed by atoms with Crippen molar-refractivity contribution in [2.75, 3.05) is 13.2 Å². The van der Waals surface area contributed by atoms with E-state index in [0.29, 0.717) is 0 Å². The highest BCUT2D eigenvalue weighted by Gasteiger charge is 2.29. The number of carbonyl (C=O) groups excluding carboxylic acids is 1. The first-order valence-electron chi connectivity index (χ1n) is 7.80. The molecule has 5 nitrogen and oxygen atoms in total. The lowest BCUT2D eigenvalue weighted by Crippen LogP contribution is -2.42. The number of nitrogens with two attached hydrogens (primary N) is 1. The molecule has 25 heavy (non-hydrogen) atoms. The van der Waals surface area contributed by atoms with E-state index in [0.717, 1.165) is 25.7 Å². The number of halogens is 4. The van der Waals surface area contributed by atoms with Crippen molar-refractivity contribution >= 4 is 18.3 Å². The Morgan fingerprint density at radius 1 is 1.12 bits per heavy atom. The molecule has 0 aromatic heterocycles. The summed E-state index contributed by atoms with van der Waals surface area (Å²) in [4.78, 5) is 11.9. The summed E-state index contributed by atoms with van der Waals surface area (Å²) in [5, 5.41) is 2.85. The van der Waals surface area contributed by atoms with Gasteiger partial charge >= 0.3 is 6.18 Å². The van der Waals surface area contributed by atoms with Crippen molar-refractivity contribution in [1.82, 2.24) is 5.32 Å². The van der Waals surface area contributed by atoms with Crippen molar-refractivity contribution < 1.29 is 27.4 Å². The molecule has 0 radical (unpaired) electrons. The number of para-hydroxylation sites is 2. The van der Waals surface area contributed by atoms with E-state index < -0.39 is 12.8 Å². The van der Waals surface area contributed by atoms with Crippen LogP contribution in [0.5, 0.6) is 11.5 Å². The van der Waals surface area contributed by atoms with Crippen LogP contribution in [0.3, 0.4) is 0 Å². The van der Waals surface area contributed by atoms with Gasteiger partial charge in [-0.15, -0.1) is 12.4 Å². The van der Waals surface area contributed by atoms with Crippen molar-refractivity contribution in [3.63, 3.8) is 0 Å². The van der Waals surface area contributed by atoms with E-state index in [-0.39, 0.29) is 48.5 Å². The van der Waals surface area contributed by atoms with Crippen LogP contribution in [0, 0.1) is 0 Å². The first kappa shape index (κ1) is 21.4. The molecule has 2 rings (SSSR count). The fourth-order valence-corrected chi connectivity index (χ4v) is 2.52. The SMILES string of the molecule is Cl.NC1CCC(NC(=O)COc2ccccc2OCC(F)(F)F)CC1. The molecule has 1 aliphatic rings. The minimum atomic E-state index is -4.44. The Labute approximate surface area is 150 Å². The van der Waals surface area contributed by atoms with Crippen molar-refractivity contribution in [1.29, 1.82) is 0 Å². The van der Waals surface area contributed by atoms with Crippen LogP contribution in [0.25, 0.3) is 0 Å². The van der Waals surface area contributed by atoms with Gasteiger partial charge in [-0.3, -0.25) is 4.79 Å². The van der Waals surface area contributed by atoms with Crippen LogP contribution in [0.1, 0.15) is 25.7 Å². The Morgan fingerprint density at radius 3 is 2.24 bits per heavy atom. The van der Waals surface area contributed by atoms with Crippen molar-refractivity contribution in [3.8, 4) is 11.5 Å². The predicted octanol–water partition coefficient (Wildman–Crippen LogP) is 2.81. The van der Waals surface area contributed by atoms with Crippen molar-refractivity contribution in [2.24, 2.45) is 5.73 Å². The predicted molar refractivity (Wildman–Crippen MR) is 89.1 cm³/mol. The highest BCUT2D eigenvalue weighted by molar-refractivity contribution is 5.85. The second-order valence-electron chi connectivity index (χ2n) is 5.82. The lowest BCUT2D eigenvalue weighted by molar-refractivity contribution is -0.153. The van der Waals surface area contributed by atoms with Gasteiger partial charge in [-0.2, -0.15) is 13.2 Å². The molecule has 9 heteroatoms. The quantitative estimate of drug-likeness (QED) is 0.793. The first-order valence-corrected chi connectivity index (χ1v) is 7.80. The number of hydrogen-bond acceptors (Lipinski definition) is 4. The third kappa shape index (κ3) is 7.83. The summed E-state index contributed by atoms with van der Waals surface area (Å²) in [6.45, 7) is -1.70. The van der Waals surface area contributed by atoms with E-state index in [1.165, 1.54) is 18.2 Å². The van der Waals surface area contributed by atoms with Gasteiger partial charge in [0.15, 0.2) is 24.7 Å². The standard InChI is InChI=1S/C16H21F3N2O3.ClH/c17-16(18,19)10-24-14-4-2-1-3-13(14)23-9-15(22)21-12-7-5-11(20)6-8-12;/h1-4,11-12H,5-10,20H2,(H,21,22);1H. The Bertz CT molecular complexity index is 550. The Kier molecular flexibility index (Phi) is 8.31. The molecule has 1 aliphatic carbocycles. The molecule has 0 heterocycles. The average Bonchev–Trinajstić information content (AvgIpc) is 2.53. The normalized spacial score (nSPS) is 20.3. The molecule has 0 spiro atoms. The molecular weight excluding hydrogens is 361 g/mol. The number of hydrogen-bond donors (Lipinski definition) is 2. The summed E-state index contributed by atoms with van der Waals surface area (Å²) in [7, 11) is 0. The summed E-state index contributed by atoms with van der Waals surface area (Å²) in [5.74, 6) is -0.269. The van der Waals surface area contributed by atoms with E-state index in [4.69, 9.17) is 15.2 Å². The van der Waals surface area contributed by atoms with Crippen LogP contribution >= 0.6 is 12.4 Å². The van der Waals surface area contributed by atoms with Crippen LogP contribution in [-0.2, 0) is 4.79 Å². The fourth-order valence-electron chi connectivity index (χ4n) is 2.52. The number of rotatable bonds is 6. The van der Waals surface area contributed by atoms with Gasteiger partial charge in [0.25, 0.3) is 5.91 Å². The first-order chi connectivity index (χ1) is 11.3. The van der Waals surface area contributed by atoms with Gasteiger partial charge in [0.05, 0.1) is 0 Å². The van der Waals surface area contributed by atoms with Crippen LogP contribution in [0.4, 0.5) is 13.2 Å². The van der Waals surface area contributed by atoms with Gasteiger partial charge < -0.3 is 20.5 Å². The molecule has 142 valence electrons. The molecule has 0 unspecified atom stereocenters. The van der Waals surface area contributed by atoms with Crippen LogP contribution in [0.15, 0.2) is 24.3 Å². The summed E-state index contributed by atoms with van der Waals surface area (Å²) >= 11 is 0. The van der Waals surface area contributed by atoms with E-state index in [1.807, 2.05) is 0 Å². The number of alkyl halides is 3. The fraction of sp³-hybridized carbons (Fsp3) is 0.562. The lowest BCUT2D eigenvalue weighted by atomic mass is 9.92. The summed E-state index contributed by atoms with van der Waals surface area (Å²) in [6, 6.07) is 6.20. The van der Waals surface area contributed by atoms with Crippen molar-refractivity contribution in [3.05, 3.63) is 24.3 Å². The summed E-state index contributed by atoms with van der Waals surface area (Å²) < 4.78 is 46.7. The van der Waals surface area contributed by atoms with Crippen LogP contribution < -0.4 is 20.5 Å². The number of amides is 1. The van der Waals surface area contributed by atoms with Crippen molar-refractivity contribution in [2.45, 2.75) is 43.9 Å². The minimum absolute atomic E-state index is 0. The molecule has 0 atom stereocenters. The number of ether oxygens (including phenoxy) is 2. The largest absolute Gasteiger partial charge is 0.480 e. The molecule has 0 saturated heterocycles. The highest BCUT2D eigenvalue weighted by atomic mass is 35.5. The summed E-state index contributed by atoms with van der Waals surface area (Å²) in [5.41, 5.74) is 5.81. The van der Waals surface area contributed by atoms with E-state index in [2.05, 4.69) is 5.32 Å². The van der Waals surface area contributed by atoms with E-state index in [1.54, 1.807) is 6.07 Å². The molecule has 1 saturated carbocycles. The topological polar surface area (TPSA) is 73.6 Å². The van der Waals surface area contributed by atoms with Gasteiger partial charge in [0.1, 0.15) is 0 Å². The zero-order valence-electron chi connectivity index (χ0n) is 13.6. The second-order valence-corrected chi connectivity index (χ2v) is 5.82. The van der Waals surface area contributed by atoms with E-state index >= 15 is 0 Å². The van der Waals surface area contributed by atoms with Crippen LogP contribution in [0.2, 0.25) is 0 Å². The zero-order valence-corrected chi connectivity index (χ0v) is 14.4. The maximum atomic E-state index is 12.2. The molecule has 0 bridgehead atoms. The molecule has 1 aromatic carbocycles. The molecule has 1 fully saturated rings. The number of benzene rings is 1. The second kappa shape index (κ2) is 9.72.